The van der Waals surface area contributed by atoms with Crippen LogP contribution in [-0.4, -0.2) is 15.9 Å². The normalized spacial score (nSPS) is 20.4. The lowest BCUT2D eigenvalue weighted by atomic mass is 9.97. The molecule has 1 atom stereocenters. The number of aromatic amines is 1. The van der Waals surface area contributed by atoms with Gasteiger partial charge in [-0.1, -0.05) is 0 Å². The van der Waals surface area contributed by atoms with E-state index in [9.17, 15) is 4.79 Å². The third kappa shape index (κ3) is 1.86. The molecule has 16 heavy (non-hydrogen) atoms. The molecule has 0 aliphatic carbocycles. The van der Waals surface area contributed by atoms with Crippen molar-refractivity contribution >= 4 is 23.1 Å². The Labute approximate surface area is 99.1 Å². The van der Waals surface area contributed by atoms with E-state index in [1.165, 1.54) is 0 Å². The van der Waals surface area contributed by atoms with Crippen LogP contribution >= 0.6 is 12.2 Å². The molecule has 0 aromatic carbocycles. The highest BCUT2D eigenvalue weighted by Crippen LogP contribution is 2.25. The van der Waals surface area contributed by atoms with Gasteiger partial charge in [0.15, 0.2) is 10.9 Å². The van der Waals surface area contributed by atoms with E-state index in [0.29, 0.717) is 5.11 Å². The van der Waals surface area contributed by atoms with E-state index >= 15 is 0 Å². The first-order valence-electron chi connectivity index (χ1n) is 5.02. The molecule has 0 spiro atoms. The molecule has 84 valence electrons. The van der Waals surface area contributed by atoms with E-state index in [1.807, 2.05) is 25.3 Å². The number of ketones is 1. The molecule has 4 nitrogen and oxygen atoms in total. The second-order valence-corrected chi connectivity index (χ2v) is 4.16. The predicted octanol–water partition coefficient (Wildman–Crippen LogP) is 1.40. The lowest BCUT2D eigenvalue weighted by molar-refractivity contribution is -0.114. The maximum Gasteiger partial charge on any atom is 0.171 e. The fourth-order valence-electron chi connectivity index (χ4n) is 1.92. The summed E-state index contributed by atoms with van der Waals surface area (Å²) in [5, 5.41) is 6.60. The van der Waals surface area contributed by atoms with Crippen LogP contribution in [0.3, 0.4) is 0 Å². The summed E-state index contributed by atoms with van der Waals surface area (Å²) in [5.41, 5.74) is 2.47. The lowest BCUT2D eigenvalue weighted by Crippen LogP contribution is -2.44. The van der Waals surface area contributed by atoms with Crippen molar-refractivity contribution in [1.82, 2.24) is 15.6 Å². The Balaban J connectivity index is 2.46. The fourth-order valence-corrected chi connectivity index (χ4v) is 2.19. The van der Waals surface area contributed by atoms with Crippen LogP contribution in [0.1, 0.15) is 25.6 Å². The summed E-state index contributed by atoms with van der Waals surface area (Å²) in [6.07, 6.45) is 1.83. The van der Waals surface area contributed by atoms with Gasteiger partial charge in [-0.3, -0.25) is 4.79 Å². The van der Waals surface area contributed by atoms with Gasteiger partial charge in [-0.25, -0.2) is 0 Å². The summed E-state index contributed by atoms with van der Waals surface area (Å²) in [7, 11) is 0. The Kier molecular flexibility index (Phi) is 2.78. The van der Waals surface area contributed by atoms with Crippen LogP contribution in [0.25, 0.3) is 0 Å². The van der Waals surface area contributed by atoms with Crippen molar-refractivity contribution in [1.29, 1.82) is 0 Å². The molecule has 0 saturated carbocycles. The number of hydrogen-bond acceptors (Lipinski definition) is 2. The minimum atomic E-state index is -0.179. The molecule has 1 aliphatic heterocycles. The largest absolute Gasteiger partial charge is 0.363 e. The summed E-state index contributed by atoms with van der Waals surface area (Å²) in [5.74, 6) is 0.0413. The third-order valence-corrected chi connectivity index (χ3v) is 2.80. The smallest absolute Gasteiger partial charge is 0.171 e. The van der Waals surface area contributed by atoms with E-state index in [0.717, 1.165) is 17.0 Å². The predicted molar refractivity (Wildman–Crippen MR) is 65.8 cm³/mol. The molecule has 3 N–H and O–H groups in total. The monoisotopic (exact) mass is 235 g/mol. The van der Waals surface area contributed by atoms with Crippen LogP contribution in [0.4, 0.5) is 0 Å². The number of nitrogens with one attached hydrogen (secondary N) is 3. The Morgan fingerprint density at radius 3 is 2.81 bits per heavy atom. The number of rotatable bonds is 2. The van der Waals surface area contributed by atoms with Crippen molar-refractivity contribution in [3.05, 3.63) is 35.3 Å². The van der Waals surface area contributed by atoms with Crippen LogP contribution in [0, 0.1) is 0 Å². The van der Waals surface area contributed by atoms with E-state index < -0.39 is 0 Å². The first kappa shape index (κ1) is 10.9. The average Bonchev–Trinajstić information content (AvgIpc) is 2.67. The second-order valence-electron chi connectivity index (χ2n) is 3.75. The molecule has 0 fully saturated rings. The van der Waals surface area contributed by atoms with Crippen LogP contribution in [0.15, 0.2) is 29.6 Å². The number of thiocarbonyl (C=S) groups is 1. The Morgan fingerprint density at radius 1 is 1.50 bits per heavy atom. The van der Waals surface area contributed by atoms with Gasteiger partial charge in [0.25, 0.3) is 0 Å². The fraction of sp³-hybridized carbons (Fsp3) is 0.273. The van der Waals surface area contributed by atoms with Gasteiger partial charge in [0.2, 0.25) is 0 Å². The summed E-state index contributed by atoms with van der Waals surface area (Å²) >= 11 is 5.09. The maximum atomic E-state index is 11.6. The van der Waals surface area contributed by atoms with Gasteiger partial charge in [0, 0.05) is 23.2 Å². The van der Waals surface area contributed by atoms with Gasteiger partial charge in [-0.2, -0.15) is 0 Å². The summed E-state index contributed by atoms with van der Waals surface area (Å²) < 4.78 is 0. The van der Waals surface area contributed by atoms with Gasteiger partial charge in [-0.15, -0.1) is 0 Å². The van der Waals surface area contributed by atoms with Crippen molar-refractivity contribution in [2.24, 2.45) is 0 Å². The highest BCUT2D eigenvalue weighted by Gasteiger charge is 2.27. The molecule has 0 amide bonds. The SMILES string of the molecule is CC(=O)C1=C(C)NC(=S)NC1c1ccc[nH]1. The first-order chi connectivity index (χ1) is 7.59. The number of hydrogen-bond donors (Lipinski definition) is 3. The van der Waals surface area contributed by atoms with Crippen molar-refractivity contribution in [2.75, 3.05) is 0 Å². The Hall–Kier alpha value is -1.62. The molecule has 0 radical (unpaired) electrons. The van der Waals surface area contributed by atoms with E-state index in [-0.39, 0.29) is 11.8 Å². The first-order valence-corrected chi connectivity index (χ1v) is 5.43. The average molecular weight is 235 g/mol. The number of carbonyl (C=O) groups excluding carboxylic acids is 1. The van der Waals surface area contributed by atoms with Gasteiger partial charge in [0.05, 0.1) is 6.04 Å². The molecule has 1 aromatic heterocycles. The number of Topliss-reactive ketones (excluding diaryl/α,β-unsaturated/α-hetero) is 1. The number of allylic oxidation sites excluding steroid dienone is 1. The number of aromatic nitrogens is 1. The van der Waals surface area contributed by atoms with Crippen molar-refractivity contribution in [2.45, 2.75) is 19.9 Å². The van der Waals surface area contributed by atoms with Crippen molar-refractivity contribution in [3.8, 4) is 0 Å². The van der Waals surface area contributed by atoms with Crippen LogP contribution in [0.2, 0.25) is 0 Å². The highest BCUT2D eigenvalue weighted by molar-refractivity contribution is 7.80. The number of H-pyrrole nitrogens is 1. The number of carbonyl (C=O) groups is 1. The van der Waals surface area contributed by atoms with Crippen LogP contribution < -0.4 is 10.6 Å². The molecule has 1 aliphatic rings. The van der Waals surface area contributed by atoms with Gasteiger partial charge in [0.1, 0.15) is 0 Å². The quantitative estimate of drug-likeness (QED) is 0.678. The van der Waals surface area contributed by atoms with Crippen LogP contribution in [0.5, 0.6) is 0 Å². The minimum absolute atomic E-state index is 0.0413. The zero-order chi connectivity index (χ0) is 11.7. The Morgan fingerprint density at radius 2 is 2.25 bits per heavy atom. The third-order valence-electron chi connectivity index (χ3n) is 2.58. The minimum Gasteiger partial charge on any atom is -0.363 e. The maximum absolute atomic E-state index is 11.6. The Bertz CT molecular complexity index is 462. The highest BCUT2D eigenvalue weighted by atomic mass is 32.1. The van der Waals surface area contributed by atoms with E-state index in [2.05, 4.69) is 15.6 Å². The summed E-state index contributed by atoms with van der Waals surface area (Å²) in [6.45, 7) is 3.42. The van der Waals surface area contributed by atoms with Crippen LogP contribution in [-0.2, 0) is 4.79 Å². The molecule has 1 aromatic rings. The molecule has 1 unspecified atom stereocenters. The molecule has 2 heterocycles. The van der Waals surface area contributed by atoms with Gasteiger partial charge >= 0.3 is 0 Å². The van der Waals surface area contributed by atoms with Gasteiger partial charge < -0.3 is 15.6 Å². The zero-order valence-corrected chi connectivity index (χ0v) is 9.94. The molecular weight excluding hydrogens is 222 g/mol. The second kappa shape index (κ2) is 4.09. The zero-order valence-electron chi connectivity index (χ0n) is 9.13. The lowest BCUT2D eigenvalue weighted by Gasteiger charge is -2.28. The molecular formula is C11H13N3OS. The molecule has 2 rings (SSSR count). The van der Waals surface area contributed by atoms with E-state index in [4.69, 9.17) is 12.2 Å². The molecule has 0 bridgehead atoms. The topological polar surface area (TPSA) is 56.9 Å². The van der Waals surface area contributed by atoms with Crippen molar-refractivity contribution < 1.29 is 4.79 Å². The van der Waals surface area contributed by atoms with E-state index in [1.54, 1.807) is 6.92 Å². The summed E-state index contributed by atoms with van der Waals surface area (Å²) in [6, 6.07) is 3.65. The van der Waals surface area contributed by atoms with Crippen molar-refractivity contribution in [3.63, 3.8) is 0 Å². The standard InChI is InChI=1S/C11H13N3OS/c1-6-9(7(2)15)10(14-11(16)13-6)8-4-3-5-12-8/h3-5,10,12H,1-2H3,(H2,13,14,16). The summed E-state index contributed by atoms with van der Waals surface area (Å²) in [4.78, 5) is 14.7. The molecule has 5 heteroatoms. The molecule has 0 saturated heterocycles. The van der Waals surface area contributed by atoms with Gasteiger partial charge in [-0.05, 0) is 38.2 Å².